The minimum atomic E-state index is -0.415. The number of ether oxygens (including phenoxy) is 1. The number of amides is 1. The molecule has 0 aromatic heterocycles. The van der Waals surface area contributed by atoms with E-state index in [1.807, 2.05) is 35.2 Å². The average molecular weight is 392 g/mol. The molecule has 1 aromatic rings. The lowest BCUT2D eigenvalue weighted by Gasteiger charge is -2.26. The largest absolute Gasteiger partial charge is 0.494 e. The van der Waals surface area contributed by atoms with Gasteiger partial charge < -0.3 is 21.1 Å². The van der Waals surface area contributed by atoms with Crippen LogP contribution in [-0.4, -0.2) is 43.1 Å². The smallest absolute Gasteiger partial charge is 0.239 e. The number of benzene rings is 1. The van der Waals surface area contributed by atoms with E-state index >= 15 is 0 Å². The highest BCUT2D eigenvalue weighted by Crippen LogP contribution is 2.11. The maximum atomic E-state index is 12.8. The molecule has 0 bridgehead atoms. The van der Waals surface area contributed by atoms with E-state index in [1.54, 1.807) is 0 Å². The molecule has 4 N–H and O–H groups in total. The average Bonchev–Trinajstić information content (AvgIpc) is 2.72. The maximum absolute atomic E-state index is 12.8. The number of carbonyl (C=O) groups is 1. The first-order valence-corrected chi connectivity index (χ1v) is 11.1. The predicted octanol–water partition coefficient (Wildman–Crippen LogP) is 4.10. The summed E-state index contributed by atoms with van der Waals surface area (Å²) in [5.41, 5.74) is 11.7. The van der Waals surface area contributed by atoms with Crippen molar-refractivity contribution >= 4 is 5.91 Å². The zero-order valence-electron chi connectivity index (χ0n) is 17.8. The van der Waals surface area contributed by atoms with E-state index in [2.05, 4.69) is 6.92 Å². The van der Waals surface area contributed by atoms with Crippen molar-refractivity contribution in [2.45, 2.75) is 77.2 Å². The Morgan fingerprint density at radius 3 is 2.36 bits per heavy atom. The highest BCUT2D eigenvalue weighted by atomic mass is 16.5. The van der Waals surface area contributed by atoms with Crippen LogP contribution in [0.5, 0.6) is 5.75 Å². The number of hydrogen-bond acceptors (Lipinski definition) is 4. The Hall–Kier alpha value is -1.59. The molecule has 0 saturated carbocycles. The van der Waals surface area contributed by atoms with Gasteiger partial charge in [-0.05, 0) is 44.4 Å². The van der Waals surface area contributed by atoms with Gasteiger partial charge in [0.05, 0.1) is 12.6 Å². The van der Waals surface area contributed by atoms with E-state index in [4.69, 9.17) is 16.2 Å². The molecule has 0 fully saturated rings. The van der Waals surface area contributed by atoms with Crippen LogP contribution in [0.3, 0.4) is 0 Å². The first-order chi connectivity index (χ1) is 13.7. The van der Waals surface area contributed by atoms with Crippen molar-refractivity contribution in [1.29, 1.82) is 0 Å². The number of nitrogens with zero attached hydrogens (tertiary/aromatic N) is 1. The van der Waals surface area contributed by atoms with Gasteiger partial charge >= 0.3 is 0 Å². The van der Waals surface area contributed by atoms with Crippen LogP contribution in [0.4, 0.5) is 0 Å². The second kappa shape index (κ2) is 16.4. The minimum absolute atomic E-state index is 0.0743. The van der Waals surface area contributed by atoms with E-state index in [9.17, 15) is 4.79 Å². The van der Waals surface area contributed by atoms with Crippen molar-refractivity contribution in [3.05, 3.63) is 30.3 Å². The number of hydrogen-bond donors (Lipinski definition) is 2. The Bertz CT molecular complexity index is 496. The normalized spacial score (nSPS) is 12.0. The highest BCUT2D eigenvalue weighted by Gasteiger charge is 2.20. The molecule has 0 saturated heterocycles. The monoisotopic (exact) mass is 391 g/mol. The maximum Gasteiger partial charge on any atom is 0.239 e. The third kappa shape index (κ3) is 11.3. The van der Waals surface area contributed by atoms with Gasteiger partial charge in [-0.3, -0.25) is 4.79 Å². The SMILES string of the molecule is CCCCCCCCN(CCCOc1ccccc1)C(=O)[C@@H](N)CCCCN. The van der Waals surface area contributed by atoms with Crippen molar-refractivity contribution < 1.29 is 9.53 Å². The highest BCUT2D eigenvalue weighted by molar-refractivity contribution is 5.81. The number of unbranched alkanes of at least 4 members (excludes halogenated alkanes) is 6. The first-order valence-electron chi connectivity index (χ1n) is 11.1. The van der Waals surface area contributed by atoms with Crippen LogP contribution in [0.25, 0.3) is 0 Å². The molecule has 0 aliphatic rings. The Morgan fingerprint density at radius 2 is 1.64 bits per heavy atom. The molecule has 1 amide bonds. The van der Waals surface area contributed by atoms with Crippen molar-refractivity contribution in [2.75, 3.05) is 26.2 Å². The van der Waals surface area contributed by atoms with Gasteiger partial charge in [0.25, 0.3) is 0 Å². The molecule has 5 nitrogen and oxygen atoms in total. The summed E-state index contributed by atoms with van der Waals surface area (Å²) in [7, 11) is 0. The molecule has 0 radical (unpaired) electrons. The Balaban J connectivity index is 2.40. The van der Waals surface area contributed by atoms with E-state index < -0.39 is 6.04 Å². The Kier molecular flexibility index (Phi) is 14.3. The fraction of sp³-hybridized carbons (Fsp3) is 0.696. The predicted molar refractivity (Wildman–Crippen MR) is 117 cm³/mol. The summed E-state index contributed by atoms with van der Waals surface area (Å²) in [5.74, 6) is 0.945. The van der Waals surface area contributed by atoms with Crippen LogP contribution in [-0.2, 0) is 4.79 Å². The van der Waals surface area contributed by atoms with Gasteiger partial charge in [-0.15, -0.1) is 0 Å². The summed E-state index contributed by atoms with van der Waals surface area (Å²) >= 11 is 0. The van der Waals surface area contributed by atoms with Crippen LogP contribution in [0, 0.1) is 0 Å². The van der Waals surface area contributed by atoms with Crippen LogP contribution in [0.1, 0.15) is 71.1 Å². The van der Waals surface area contributed by atoms with Gasteiger partial charge in [0.1, 0.15) is 5.75 Å². The topological polar surface area (TPSA) is 81.6 Å². The standard InChI is InChI=1S/C23H41N3O2/c1-2-3-4-5-6-12-18-26(23(27)22(25)16-10-11-17-24)19-13-20-28-21-14-8-7-9-15-21/h7-9,14-15,22H,2-6,10-13,16-20,24-25H2,1H3/t22-/m0/s1. The van der Waals surface area contributed by atoms with Gasteiger partial charge in [0, 0.05) is 13.1 Å². The van der Waals surface area contributed by atoms with E-state index in [0.717, 1.165) is 38.0 Å². The van der Waals surface area contributed by atoms with Crippen LogP contribution in [0.2, 0.25) is 0 Å². The summed E-state index contributed by atoms with van der Waals surface area (Å²) in [6.07, 6.45) is 10.7. The lowest BCUT2D eigenvalue weighted by Crippen LogP contribution is -2.45. The lowest BCUT2D eigenvalue weighted by molar-refractivity contribution is -0.133. The fourth-order valence-corrected chi connectivity index (χ4v) is 3.24. The van der Waals surface area contributed by atoms with Crippen molar-refractivity contribution in [3.63, 3.8) is 0 Å². The van der Waals surface area contributed by atoms with Crippen molar-refractivity contribution in [3.8, 4) is 5.75 Å². The van der Waals surface area contributed by atoms with Crippen molar-refractivity contribution in [1.82, 2.24) is 4.90 Å². The molecule has 0 spiro atoms. The molecule has 28 heavy (non-hydrogen) atoms. The van der Waals surface area contributed by atoms with Gasteiger partial charge in [-0.25, -0.2) is 0 Å². The molecule has 1 aromatic carbocycles. The van der Waals surface area contributed by atoms with Gasteiger partial charge in [-0.1, -0.05) is 63.6 Å². The quantitative estimate of drug-likeness (QED) is 0.392. The molecule has 0 aliphatic carbocycles. The van der Waals surface area contributed by atoms with E-state index in [1.165, 1.54) is 32.1 Å². The summed E-state index contributed by atoms with van der Waals surface area (Å²) < 4.78 is 5.76. The minimum Gasteiger partial charge on any atom is -0.494 e. The molecule has 160 valence electrons. The second-order valence-corrected chi connectivity index (χ2v) is 7.50. The first kappa shape index (κ1) is 24.4. The Labute approximate surface area is 171 Å². The number of rotatable bonds is 17. The molecule has 1 rings (SSSR count). The van der Waals surface area contributed by atoms with Crippen molar-refractivity contribution in [2.24, 2.45) is 11.5 Å². The van der Waals surface area contributed by atoms with Crippen LogP contribution in [0.15, 0.2) is 30.3 Å². The fourth-order valence-electron chi connectivity index (χ4n) is 3.24. The summed E-state index contributed by atoms with van der Waals surface area (Å²) in [5, 5.41) is 0. The molecule has 1 atom stereocenters. The van der Waals surface area contributed by atoms with E-state index in [-0.39, 0.29) is 5.91 Å². The van der Waals surface area contributed by atoms with Gasteiger partial charge in [0.15, 0.2) is 0 Å². The summed E-state index contributed by atoms with van der Waals surface area (Å²) in [6.45, 7) is 4.97. The summed E-state index contributed by atoms with van der Waals surface area (Å²) in [4.78, 5) is 14.7. The van der Waals surface area contributed by atoms with Gasteiger partial charge in [0.2, 0.25) is 5.91 Å². The molecular weight excluding hydrogens is 350 g/mol. The molecule has 0 heterocycles. The molecular formula is C23H41N3O2. The third-order valence-corrected chi connectivity index (χ3v) is 4.96. The molecule has 5 heteroatoms. The zero-order valence-corrected chi connectivity index (χ0v) is 17.8. The number of carbonyl (C=O) groups excluding carboxylic acids is 1. The summed E-state index contributed by atoms with van der Waals surface area (Å²) in [6, 6.07) is 9.38. The third-order valence-electron chi connectivity index (χ3n) is 4.96. The lowest BCUT2D eigenvalue weighted by atomic mass is 10.1. The molecule has 0 aliphatic heterocycles. The van der Waals surface area contributed by atoms with Gasteiger partial charge in [-0.2, -0.15) is 0 Å². The number of para-hydroxylation sites is 1. The van der Waals surface area contributed by atoms with E-state index in [0.29, 0.717) is 26.1 Å². The zero-order chi connectivity index (χ0) is 20.5. The van der Waals surface area contributed by atoms with Crippen LogP contribution < -0.4 is 16.2 Å². The van der Waals surface area contributed by atoms with Crippen LogP contribution >= 0.6 is 0 Å². The second-order valence-electron chi connectivity index (χ2n) is 7.50. The number of nitrogens with two attached hydrogens (primary N) is 2. The molecule has 0 unspecified atom stereocenters. The Morgan fingerprint density at radius 1 is 0.964 bits per heavy atom.